The van der Waals surface area contributed by atoms with E-state index in [1.54, 1.807) is 19.1 Å². The molecule has 0 fully saturated rings. The van der Waals surface area contributed by atoms with Gasteiger partial charge in [-0.3, -0.25) is 9.59 Å². The van der Waals surface area contributed by atoms with Crippen LogP contribution in [0.25, 0.3) is 0 Å². The molecular formula is C23H22O3. The molecule has 0 aliphatic heterocycles. The largest absolute Gasteiger partial charge is 0.481 e. The maximum atomic E-state index is 12.1. The summed E-state index contributed by atoms with van der Waals surface area (Å²) in [4.78, 5) is 23.2. The molecule has 3 nitrogen and oxygen atoms in total. The minimum absolute atomic E-state index is 0.0183. The molecule has 0 bridgehead atoms. The van der Waals surface area contributed by atoms with Gasteiger partial charge in [-0.1, -0.05) is 37.8 Å². The van der Waals surface area contributed by atoms with Gasteiger partial charge in [0.15, 0.2) is 5.78 Å². The van der Waals surface area contributed by atoms with Crippen LogP contribution in [0.4, 0.5) is 0 Å². The number of rotatable bonds is 2. The van der Waals surface area contributed by atoms with Crippen molar-refractivity contribution in [2.45, 2.75) is 44.9 Å². The third-order valence-electron chi connectivity index (χ3n) is 5.16. The van der Waals surface area contributed by atoms with Crippen molar-refractivity contribution in [3.05, 3.63) is 70.3 Å². The molecule has 2 aromatic carbocycles. The Morgan fingerprint density at radius 2 is 1.69 bits per heavy atom. The molecule has 0 heterocycles. The summed E-state index contributed by atoms with van der Waals surface area (Å²) in [5.41, 5.74) is 4.35. The molecule has 0 saturated carbocycles. The van der Waals surface area contributed by atoms with E-state index in [0.717, 1.165) is 34.2 Å². The topological polar surface area (TPSA) is 54.4 Å². The summed E-state index contributed by atoms with van der Waals surface area (Å²) in [5, 5.41) is 9.06. The lowest BCUT2D eigenvalue weighted by Crippen LogP contribution is -2.27. The quantitative estimate of drug-likeness (QED) is 0.813. The molecule has 1 atom stereocenters. The Kier molecular flexibility index (Phi) is 4.70. The molecule has 0 radical (unpaired) electrons. The molecule has 0 spiro atoms. The van der Waals surface area contributed by atoms with Crippen LogP contribution in [-0.4, -0.2) is 16.9 Å². The van der Waals surface area contributed by atoms with Crippen LogP contribution < -0.4 is 0 Å². The summed E-state index contributed by atoms with van der Waals surface area (Å²) in [7, 11) is 0. The number of carboxylic acids is 1. The Morgan fingerprint density at radius 3 is 2.35 bits per heavy atom. The lowest BCUT2D eigenvalue weighted by Gasteiger charge is -2.31. The molecule has 26 heavy (non-hydrogen) atoms. The molecule has 1 unspecified atom stereocenters. The van der Waals surface area contributed by atoms with Crippen molar-refractivity contribution in [3.8, 4) is 11.8 Å². The summed E-state index contributed by atoms with van der Waals surface area (Å²) < 4.78 is 0. The van der Waals surface area contributed by atoms with Gasteiger partial charge in [0.25, 0.3) is 0 Å². The zero-order valence-corrected chi connectivity index (χ0v) is 15.3. The van der Waals surface area contributed by atoms with Gasteiger partial charge in [0.05, 0.1) is 5.92 Å². The first-order valence-corrected chi connectivity index (χ1v) is 8.80. The van der Waals surface area contributed by atoms with E-state index in [0.29, 0.717) is 6.42 Å². The third kappa shape index (κ3) is 3.55. The lowest BCUT2D eigenvalue weighted by atomic mass is 9.72. The highest BCUT2D eigenvalue weighted by molar-refractivity contribution is 5.99. The number of hydrogen-bond donors (Lipinski definition) is 1. The molecule has 1 aliphatic carbocycles. The van der Waals surface area contributed by atoms with E-state index in [4.69, 9.17) is 5.11 Å². The molecule has 0 amide bonds. The molecule has 1 N–H and O–H groups in total. The predicted octanol–water partition coefficient (Wildman–Crippen LogP) is 4.53. The summed E-state index contributed by atoms with van der Waals surface area (Å²) in [6.45, 7) is 5.99. The van der Waals surface area contributed by atoms with Crippen LogP contribution in [0.5, 0.6) is 0 Å². The van der Waals surface area contributed by atoms with Crippen molar-refractivity contribution in [2.24, 2.45) is 0 Å². The Balaban J connectivity index is 1.87. The van der Waals surface area contributed by atoms with Gasteiger partial charge < -0.3 is 5.11 Å². The highest BCUT2D eigenvalue weighted by Gasteiger charge is 2.31. The second kappa shape index (κ2) is 6.80. The van der Waals surface area contributed by atoms with E-state index >= 15 is 0 Å². The Hall–Kier alpha value is -2.86. The van der Waals surface area contributed by atoms with Crippen molar-refractivity contribution < 1.29 is 14.7 Å². The van der Waals surface area contributed by atoms with Crippen molar-refractivity contribution in [2.75, 3.05) is 0 Å². The Bertz CT molecular complexity index is 924. The second-order valence-corrected chi connectivity index (χ2v) is 7.50. The summed E-state index contributed by atoms with van der Waals surface area (Å²) >= 11 is 0. The average Bonchev–Trinajstić information content (AvgIpc) is 2.63. The van der Waals surface area contributed by atoms with Gasteiger partial charge in [0.2, 0.25) is 0 Å². The van der Waals surface area contributed by atoms with Gasteiger partial charge in [-0.15, -0.1) is 0 Å². The first-order valence-electron chi connectivity index (χ1n) is 8.80. The number of benzene rings is 2. The van der Waals surface area contributed by atoms with Crippen LogP contribution in [-0.2, 0) is 10.2 Å². The fourth-order valence-corrected chi connectivity index (χ4v) is 3.26. The number of aliphatic carboxylic acids is 1. The summed E-state index contributed by atoms with van der Waals surface area (Å²) in [6.07, 6.45) is 1.46. The van der Waals surface area contributed by atoms with Gasteiger partial charge in [0.1, 0.15) is 0 Å². The van der Waals surface area contributed by atoms with Gasteiger partial charge in [-0.25, -0.2) is 0 Å². The van der Waals surface area contributed by atoms with Gasteiger partial charge in [-0.05, 0) is 60.2 Å². The summed E-state index contributed by atoms with van der Waals surface area (Å²) in [5.74, 6) is 5.12. The van der Waals surface area contributed by atoms with Crippen molar-refractivity contribution in [3.63, 3.8) is 0 Å². The van der Waals surface area contributed by atoms with Gasteiger partial charge in [-0.2, -0.15) is 0 Å². The summed E-state index contributed by atoms with van der Waals surface area (Å²) in [6, 6.07) is 13.1. The molecule has 2 aromatic rings. The number of carbonyl (C=O) groups is 2. The first kappa shape index (κ1) is 17.9. The smallest absolute Gasteiger partial charge is 0.310 e. The second-order valence-electron chi connectivity index (χ2n) is 7.50. The van der Waals surface area contributed by atoms with E-state index in [-0.39, 0.29) is 11.2 Å². The van der Waals surface area contributed by atoms with Crippen LogP contribution >= 0.6 is 0 Å². The van der Waals surface area contributed by atoms with Crippen molar-refractivity contribution in [1.29, 1.82) is 0 Å². The number of fused-ring (bicyclic) bond motifs is 1. The minimum atomic E-state index is -0.838. The Morgan fingerprint density at radius 1 is 1.08 bits per heavy atom. The maximum absolute atomic E-state index is 12.1. The Labute approximate surface area is 154 Å². The molecule has 132 valence electrons. The highest BCUT2D eigenvalue weighted by atomic mass is 16.4. The number of ketones is 1. The van der Waals surface area contributed by atoms with Crippen LogP contribution in [0.2, 0.25) is 0 Å². The molecule has 3 heteroatoms. The SMILES string of the molecule is CC(C(=O)O)c1ccc(C#Cc2ccc3c(c2)C(C)(C)CCC3=O)cc1. The van der Waals surface area contributed by atoms with Crippen molar-refractivity contribution in [1.82, 2.24) is 0 Å². The van der Waals surface area contributed by atoms with E-state index in [1.165, 1.54) is 0 Å². The molecule has 1 aliphatic rings. The average molecular weight is 346 g/mol. The lowest BCUT2D eigenvalue weighted by molar-refractivity contribution is -0.138. The number of carboxylic acid groups (broad SMARTS) is 1. The van der Waals surface area contributed by atoms with E-state index in [2.05, 4.69) is 25.7 Å². The first-order chi connectivity index (χ1) is 12.3. The van der Waals surface area contributed by atoms with Crippen LogP contribution in [0.3, 0.4) is 0 Å². The maximum Gasteiger partial charge on any atom is 0.310 e. The monoisotopic (exact) mass is 346 g/mol. The highest BCUT2D eigenvalue weighted by Crippen LogP contribution is 2.37. The van der Waals surface area contributed by atoms with Gasteiger partial charge in [0, 0.05) is 23.1 Å². The molecule has 0 saturated heterocycles. The fraction of sp³-hybridized carbons (Fsp3) is 0.304. The molecule has 0 aromatic heterocycles. The zero-order chi connectivity index (χ0) is 18.9. The van der Waals surface area contributed by atoms with Gasteiger partial charge >= 0.3 is 5.97 Å². The van der Waals surface area contributed by atoms with E-state index in [9.17, 15) is 9.59 Å². The van der Waals surface area contributed by atoms with Crippen LogP contribution in [0.15, 0.2) is 42.5 Å². The van der Waals surface area contributed by atoms with Crippen molar-refractivity contribution >= 4 is 11.8 Å². The van der Waals surface area contributed by atoms with Crippen LogP contribution in [0.1, 0.15) is 72.1 Å². The molecular weight excluding hydrogens is 324 g/mol. The number of hydrogen-bond acceptors (Lipinski definition) is 2. The zero-order valence-electron chi connectivity index (χ0n) is 15.3. The molecule has 3 rings (SSSR count). The predicted molar refractivity (Wildman–Crippen MR) is 102 cm³/mol. The van der Waals surface area contributed by atoms with E-state index in [1.807, 2.05) is 30.3 Å². The number of carbonyl (C=O) groups excluding carboxylic acids is 1. The van der Waals surface area contributed by atoms with Crippen LogP contribution in [0, 0.1) is 11.8 Å². The van der Waals surface area contributed by atoms with E-state index < -0.39 is 11.9 Å². The standard InChI is InChI=1S/C23H22O3/c1-15(22(25)26)18-9-6-16(7-10-18)4-5-17-8-11-19-20(14-17)23(2,3)13-12-21(19)24/h6-11,14-15H,12-13H2,1-3H3,(H,25,26). The number of Topliss-reactive ketones (excluding diaryl/α,β-unsaturated/α-hetero) is 1. The minimum Gasteiger partial charge on any atom is -0.481 e. The third-order valence-corrected chi connectivity index (χ3v) is 5.16. The normalized spacial score (nSPS) is 16.2. The fourth-order valence-electron chi connectivity index (χ4n) is 3.26.